The predicted octanol–water partition coefficient (Wildman–Crippen LogP) is 1.55. The van der Waals surface area contributed by atoms with Crippen molar-refractivity contribution in [2.24, 2.45) is 0 Å². The van der Waals surface area contributed by atoms with Gasteiger partial charge in [0, 0.05) is 13.1 Å². The van der Waals surface area contributed by atoms with Gasteiger partial charge >= 0.3 is 0 Å². The van der Waals surface area contributed by atoms with Gasteiger partial charge in [0.25, 0.3) is 21.1 Å². The molecule has 2 aromatic rings. The van der Waals surface area contributed by atoms with Crippen LogP contribution in [0.15, 0.2) is 36.4 Å². The number of anilines is 4. The average molecular weight is 459 g/mol. The highest BCUT2D eigenvalue weighted by Gasteiger charge is 2.08. The molecule has 0 spiro atoms. The Bertz CT molecular complexity index is 1030. The molecule has 0 aliphatic rings. The van der Waals surface area contributed by atoms with E-state index in [1.807, 2.05) is 24.3 Å². The fourth-order valence-electron chi connectivity index (χ4n) is 2.69. The van der Waals surface area contributed by atoms with Crippen molar-refractivity contribution in [1.82, 2.24) is 0 Å². The molecule has 0 amide bonds. The molecule has 0 saturated heterocycles. The van der Waals surface area contributed by atoms with Crippen LogP contribution >= 0.6 is 0 Å². The van der Waals surface area contributed by atoms with Crippen LogP contribution in [0.1, 0.15) is 12.8 Å². The lowest BCUT2D eigenvalue weighted by molar-refractivity contribution is 0.330. The van der Waals surface area contributed by atoms with Gasteiger partial charge in [-0.3, -0.25) is 8.74 Å². The molecule has 10 nitrogen and oxygen atoms in total. The minimum Gasteiger partial charge on any atom is -0.397 e. The largest absolute Gasteiger partial charge is 0.397 e. The van der Waals surface area contributed by atoms with Crippen LogP contribution in [-0.4, -0.2) is 46.8 Å². The number of rotatable bonds is 12. The van der Waals surface area contributed by atoms with Gasteiger partial charge in [-0.15, -0.1) is 0 Å². The molecule has 2 aromatic carbocycles. The molecule has 0 aliphatic heterocycles. The minimum absolute atomic E-state index is 0.0931. The number of benzene rings is 2. The van der Waals surface area contributed by atoms with E-state index in [0.29, 0.717) is 42.3 Å². The van der Waals surface area contributed by atoms with E-state index < -0.39 is 21.1 Å². The van der Waals surface area contributed by atoms with Crippen molar-refractivity contribution in [3.8, 4) is 11.1 Å². The van der Waals surface area contributed by atoms with E-state index in [1.54, 1.807) is 12.1 Å². The summed E-state index contributed by atoms with van der Waals surface area (Å²) in [4.78, 5) is 0. The normalized spacial score (nSPS) is 11.5. The van der Waals surface area contributed by atoms with Gasteiger partial charge in [0.1, 0.15) is 0 Å². The van der Waals surface area contributed by atoms with Crippen molar-refractivity contribution in [3.63, 3.8) is 0 Å². The fourth-order valence-corrected chi connectivity index (χ4v) is 3.48. The summed E-state index contributed by atoms with van der Waals surface area (Å²) in [6.45, 7) is 0.911. The van der Waals surface area contributed by atoms with E-state index >= 15 is 0 Å². The Kier molecular flexibility index (Phi) is 8.72. The monoisotopic (exact) mass is 458 g/mol. The molecule has 0 unspecified atom stereocenters. The first-order valence-corrected chi connectivity index (χ1v) is 11.9. The van der Waals surface area contributed by atoms with E-state index in [1.165, 1.54) is 0 Å². The van der Waals surface area contributed by atoms with Gasteiger partial charge in [0.2, 0.25) is 0 Å². The maximum atomic E-state index is 10.8. The quantitative estimate of drug-likeness (QED) is 0.118. The lowest BCUT2D eigenvalue weighted by atomic mass is 10.0. The fraction of sp³-hybridized carbons (Fsp3) is 0.333. The Hall–Kier alpha value is -2.54. The van der Waals surface area contributed by atoms with Crippen molar-refractivity contribution in [3.05, 3.63) is 36.4 Å². The van der Waals surface area contributed by atoms with Gasteiger partial charge < -0.3 is 22.1 Å². The zero-order valence-electron chi connectivity index (χ0n) is 16.2. The average Bonchev–Trinajstić information content (AvgIpc) is 2.66. The molecule has 166 valence electrons. The Morgan fingerprint density at radius 1 is 0.900 bits per heavy atom. The molecule has 12 heteroatoms. The van der Waals surface area contributed by atoms with E-state index in [0.717, 1.165) is 11.1 Å². The van der Waals surface area contributed by atoms with Crippen molar-refractivity contribution in [1.29, 1.82) is 0 Å². The topological polar surface area (TPSA) is 174 Å². The van der Waals surface area contributed by atoms with Crippen LogP contribution in [-0.2, 0) is 25.3 Å². The number of thiol groups is 1. The summed E-state index contributed by atoms with van der Waals surface area (Å²) in [6.07, 6.45) is 0.731. The predicted molar refractivity (Wildman–Crippen MR) is 120 cm³/mol. The summed E-state index contributed by atoms with van der Waals surface area (Å²) in [7, 11) is -6.83. The van der Waals surface area contributed by atoms with Gasteiger partial charge in [0.15, 0.2) is 0 Å². The van der Waals surface area contributed by atoms with Crippen LogP contribution in [0.5, 0.6) is 0 Å². The van der Waals surface area contributed by atoms with Crippen LogP contribution in [0.3, 0.4) is 0 Å². The number of hydrogen-bond donors (Lipinski definition) is 6. The lowest BCUT2D eigenvalue weighted by Crippen LogP contribution is -2.11. The van der Waals surface area contributed by atoms with Gasteiger partial charge in [0.05, 0.1) is 35.1 Å². The molecule has 0 saturated carbocycles. The molecule has 0 fully saturated rings. The molecule has 0 bridgehead atoms. The van der Waals surface area contributed by atoms with Gasteiger partial charge in [-0.2, -0.15) is 8.42 Å². The molecule has 0 aromatic heterocycles. The van der Waals surface area contributed by atoms with E-state index in [9.17, 15) is 16.8 Å². The Morgan fingerprint density at radius 2 is 1.40 bits per heavy atom. The Morgan fingerprint density at radius 3 is 1.87 bits per heavy atom. The van der Waals surface area contributed by atoms with Crippen LogP contribution < -0.4 is 22.1 Å². The number of nitrogen functional groups attached to an aromatic ring is 2. The number of nitrogens with one attached hydrogen (secondary N) is 2. The SMILES string of the molecule is Nc1ccc(-c2ccc(N)c(NCCCS(=O)(=O)O)c2)cc1NCCCO[SH](=O)=O. The van der Waals surface area contributed by atoms with Gasteiger partial charge in [-0.1, -0.05) is 12.1 Å². The van der Waals surface area contributed by atoms with E-state index in [2.05, 4.69) is 14.8 Å². The molecule has 0 atom stereocenters. The van der Waals surface area contributed by atoms with Crippen LogP contribution in [0.2, 0.25) is 0 Å². The molecular weight excluding hydrogens is 432 g/mol. The maximum absolute atomic E-state index is 10.8. The highest BCUT2D eigenvalue weighted by atomic mass is 32.2. The second-order valence-corrected chi connectivity index (χ2v) is 8.79. The van der Waals surface area contributed by atoms with Crippen molar-refractivity contribution < 1.29 is 25.6 Å². The highest BCUT2D eigenvalue weighted by molar-refractivity contribution is 7.85. The van der Waals surface area contributed by atoms with Gasteiger partial charge in [-0.05, 0) is 48.2 Å². The molecule has 0 heterocycles. The summed E-state index contributed by atoms with van der Waals surface area (Å²) in [5.74, 6) is -0.330. The standard InChI is InChI=1S/C18H26N4O6S2/c19-15-5-3-13(11-17(15)21-7-1-9-28-29(23)24)14-4-6-16(20)18(12-14)22-8-2-10-30(25,26)27/h3-6,11-12,21-22,29H,1-2,7-10,19-20H2,(H,25,26,27). The smallest absolute Gasteiger partial charge is 0.264 e. The first-order chi connectivity index (χ1) is 14.2. The molecule has 0 aliphatic carbocycles. The third kappa shape index (κ3) is 8.06. The second kappa shape index (κ2) is 11.0. The Labute approximate surface area is 177 Å². The number of nitrogens with two attached hydrogens (primary N) is 2. The van der Waals surface area contributed by atoms with Crippen LogP contribution in [0.4, 0.5) is 22.7 Å². The molecule has 2 rings (SSSR count). The minimum atomic E-state index is -3.99. The van der Waals surface area contributed by atoms with Crippen molar-refractivity contribution >= 4 is 43.9 Å². The first kappa shape index (κ1) is 23.7. The van der Waals surface area contributed by atoms with Crippen LogP contribution in [0.25, 0.3) is 11.1 Å². The molecule has 7 N–H and O–H groups in total. The summed E-state index contributed by atoms with van der Waals surface area (Å²) >= 11 is 0. The maximum Gasteiger partial charge on any atom is 0.264 e. The third-order valence-electron chi connectivity index (χ3n) is 4.17. The summed E-state index contributed by atoms with van der Waals surface area (Å²) in [6, 6.07) is 10.9. The van der Waals surface area contributed by atoms with Crippen LogP contribution in [0, 0.1) is 0 Å². The first-order valence-electron chi connectivity index (χ1n) is 9.15. The summed E-state index contributed by atoms with van der Waals surface area (Å²) in [5, 5.41) is 6.23. The molecule has 0 radical (unpaired) electrons. The van der Waals surface area contributed by atoms with Crippen molar-refractivity contribution in [2.75, 3.05) is 47.6 Å². The second-order valence-electron chi connectivity index (χ2n) is 6.51. The molecular formula is C18H26N4O6S2. The zero-order valence-corrected chi connectivity index (χ0v) is 17.9. The Balaban J connectivity index is 2.05. The summed E-state index contributed by atoms with van der Waals surface area (Å²) < 4.78 is 55.7. The molecule has 30 heavy (non-hydrogen) atoms. The third-order valence-corrected chi connectivity index (χ3v) is 5.37. The van der Waals surface area contributed by atoms with Crippen molar-refractivity contribution in [2.45, 2.75) is 12.8 Å². The van der Waals surface area contributed by atoms with E-state index in [-0.39, 0.29) is 18.8 Å². The van der Waals surface area contributed by atoms with Gasteiger partial charge in [-0.25, -0.2) is 8.42 Å². The van der Waals surface area contributed by atoms with E-state index in [4.69, 9.17) is 16.0 Å². The number of hydrogen-bond acceptors (Lipinski definition) is 9. The summed E-state index contributed by atoms with van der Waals surface area (Å²) in [5.41, 5.74) is 16.2. The highest BCUT2D eigenvalue weighted by Crippen LogP contribution is 2.31. The zero-order chi connectivity index (χ0) is 22.1. The lowest BCUT2D eigenvalue weighted by Gasteiger charge is -2.14.